The monoisotopic (exact) mass is 414 g/mol. The van der Waals surface area contributed by atoms with Crippen molar-refractivity contribution >= 4 is 5.65 Å². The zero-order valence-corrected chi connectivity index (χ0v) is 16.9. The Bertz CT molecular complexity index is 1340. The van der Waals surface area contributed by atoms with E-state index in [0.717, 1.165) is 35.3 Å². The Morgan fingerprint density at radius 2 is 1.87 bits per heavy atom. The van der Waals surface area contributed by atoms with Gasteiger partial charge in [0.05, 0.1) is 12.2 Å². The maximum atomic E-state index is 14.3. The fraction of sp³-hybridized carbons (Fsp3) is 0.182. The molecule has 31 heavy (non-hydrogen) atoms. The molecule has 0 radical (unpaired) electrons. The molecule has 0 atom stereocenters. The van der Waals surface area contributed by atoms with E-state index in [0.29, 0.717) is 18.2 Å². The first-order valence-electron chi connectivity index (χ1n) is 10.00. The van der Waals surface area contributed by atoms with Crippen LogP contribution >= 0.6 is 0 Å². The first-order valence-corrected chi connectivity index (χ1v) is 10.00. The third-order valence-corrected chi connectivity index (χ3v) is 5.07. The molecule has 0 unspecified atom stereocenters. The van der Waals surface area contributed by atoms with Crippen molar-refractivity contribution in [2.24, 2.45) is 0 Å². The Hall–Kier alpha value is -4.01. The highest BCUT2D eigenvalue weighted by Gasteiger charge is 2.18. The number of halogens is 1. The summed E-state index contributed by atoms with van der Waals surface area (Å²) in [6.07, 6.45) is 11.9. The van der Waals surface area contributed by atoms with Crippen molar-refractivity contribution in [2.45, 2.75) is 26.3 Å². The highest BCUT2D eigenvalue weighted by molar-refractivity contribution is 5.61. The van der Waals surface area contributed by atoms with Crippen LogP contribution in [0.3, 0.4) is 0 Å². The summed E-state index contributed by atoms with van der Waals surface area (Å²) >= 11 is 0. The Morgan fingerprint density at radius 3 is 2.68 bits per heavy atom. The Kier molecular flexibility index (Phi) is 4.91. The molecule has 5 heterocycles. The lowest BCUT2D eigenvalue weighted by Gasteiger charge is -2.12. The molecule has 0 aliphatic rings. The van der Waals surface area contributed by atoms with Gasteiger partial charge >= 0.3 is 0 Å². The van der Waals surface area contributed by atoms with Crippen molar-refractivity contribution in [3.05, 3.63) is 78.7 Å². The van der Waals surface area contributed by atoms with Crippen molar-refractivity contribution in [3.63, 3.8) is 0 Å². The van der Waals surface area contributed by atoms with Crippen molar-refractivity contribution in [3.8, 4) is 22.9 Å². The Labute approximate surface area is 177 Å². The number of hydrogen-bond donors (Lipinski definition) is 0. The van der Waals surface area contributed by atoms with E-state index in [1.165, 1.54) is 6.07 Å². The second-order valence-corrected chi connectivity index (χ2v) is 7.09. The fourth-order valence-corrected chi connectivity index (χ4v) is 3.64. The topological polar surface area (TPSA) is 86.7 Å². The van der Waals surface area contributed by atoms with Crippen LogP contribution < -0.4 is 0 Å². The molecule has 5 rings (SSSR count). The number of aromatic nitrogens is 8. The number of hydrogen-bond acceptors (Lipinski definition) is 6. The molecule has 5 aromatic heterocycles. The van der Waals surface area contributed by atoms with E-state index in [2.05, 4.69) is 32.1 Å². The van der Waals surface area contributed by atoms with E-state index in [1.807, 2.05) is 21.1 Å². The molecule has 0 aliphatic heterocycles. The second-order valence-electron chi connectivity index (χ2n) is 7.09. The molecule has 0 saturated carbocycles. The van der Waals surface area contributed by atoms with E-state index < -0.39 is 5.82 Å². The van der Waals surface area contributed by atoms with Gasteiger partial charge in [0.15, 0.2) is 23.1 Å². The number of nitrogens with zero attached hydrogens (tertiary/aromatic N) is 8. The van der Waals surface area contributed by atoms with Crippen LogP contribution in [0.15, 0.2) is 61.6 Å². The lowest BCUT2D eigenvalue weighted by molar-refractivity contribution is 0.621. The third kappa shape index (κ3) is 3.43. The summed E-state index contributed by atoms with van der Waals surface area (Å²) in [5, 5.41) is 8.82. The molecule has 0 amide bonds. The molecule has 5 aromatic rings. The van der Waals surface area contributed by atoms with Crippen LogP contribution in [0.25, 0.3) is 28.6 Å². The standard InChI is InChI=1S/C22H19FN8/c1-2-5-16-18(13-30-11-10-26-22(30)19-17(23)7-4-9-25-19)27-14-31-20(28-29-21(16)31)15-6-3-8-24-12-15/h3-4,6-12,14H,2,5,13H2,1H3. The number of fused-ring (bicyclic) bond motifs is 1. The zero-order chi connectivity index (χ0) is 21.2. The van der Waals surface area contributed by atoms with Gasteiger partial charge in [0.25, 0.3) is 0 Å². The van der Waals surface area contributed by atoms with E-state index >= 15 is 0 Å². The minimum absolute atomic E-state index is 0.215. The number of rotatable bonds is 6. The van der Waals surface area contributed by atoms with Crippen LogP contribution in [0.1, 0.15) is 24.6 Å². The summed E-state index contributed by atoms with van der Waals surface area (Å²) in [6.45, 7) is 2.53. The van der Waals surface area contributed by atoms with Gasteiger partial charge in [-0.15, -0.1) is 10.2 Å². The maximum absolute atomic E-state index is 14.3. The van der Waals surface area contributed by atoms with E-state index in [9.17, 15) is 4.39 Å². The first kappa shape index (κ1) is 19.0. The molecule has 154 valence electrons. The van der Waals surface area contributed by atoms with Gasteiger partial charge < -0.3 is 4.57 Å². The van der Waals surface area contributed by atoms with Crippen molar-refractivity contribution in [1.82, 2.24) is 39.1 Å². The summed E-state index contributed by atoms with van der Waals surface area (Å²) in [5.41, 5.74) is 3.70. The van der Waals surface area contributed by atoms with Gasteiger partial charge in [0.2, 0.25) is 0 Å². The molecule has 0 N–H and O–H groups in total. The predicted octanol–water partition coefficient (Wildman–Crippen LogP) is 3.58. The van der Waals surface area contributed by atoms with Crippen molar-refractivity contribution in [2.75, 3.05) is 0 Å². The summed E-state index contributed by atoms with van der Waals surface area (Å²) in [7, 11) is 0. The summed E-state index contributed by atoms with van der Waals surface area (Å²) < 4.78 is 18.0. The quantitative estimate of drug-likeness (QED) is 0.422. The SMILES string of the molecule is CCCc1c(Cn2ccnc2-c2ncccc2F)ncn2c(-c3cccnc3)nnc12. The summed E-state index contributed by atoms with van der Waals surface area (Å²) in [6, 6.07) is 6.74. The third-order valence-electron chi connectivity index (χ3n) is 5.07. The van der Waals surface area contributed by atoms with Gasteiger partial charge in [-0.3, -0.25) is 9.38 Å². The van der Waals surface area contributed by atoms with Gasteiger partial charge in [0.1, 0.15) is 12.0 Å². The molecule has 0 aliphatic carbocycles. The van der Waals surface area contributed by atoms with Gasteiger partial charge in [0, 0.05) is 42.1 Å². The van der Waals surface area contributed by atoms with Crippen molar-refractivity contribution < 1.29 is 4.39 Å². The lowest BCUT2D eigenvalue weighted by atomic mass is 10.1. The highest BCUT2D eigenvalue weighted by atomic mass is 19.1. The van der Waals surface area contributed by atoms with Gasteiger partial charge in [-0.2, -0.15) is 0 Å². The van der Waals surface area contributed by atoms with E-state index in [4.69, 9.17) is 4.98 Å². The number of aryl methyl sites for hydroxylation is 1. The van der Waals surface area contributed by atoms with Crippen molar-refractivity contribution in [1.29, 1.82) is 0 Å². The minimum Gasteiger partial charge on any atom is -0.324 e. The van der Waals surface area contributed by atoms with Gasteiger partial charge in [-0.05, 0) is 30.7 Å². The molecular formula is C22H19FN8. The second kappa shape index (κ2) is 8.02. The molecule has 0 fully saturated rings. The first-order chi connectivity index (χ1) is 15.3. The fourth-order valence-electron chi connectivity index (χ4n) is 3.64. The number of imidazole rings is 1. The Balaban J connectivity index is 1.58. The minimum atomic E-state index is -0.411. The van der Waals surface area contributed by atoms with Crippen LogP contribution in [0.4, 0.5) is 4.39 Å². The average Bonchev–Trinajstić information content (AvgIpc) is 3.43. The zero-order valence-electron chi connectivity index (χ0n) is 16.9. The molecule has 9 heteroatoms. The van der Waals surface area contributed by atoms with Crippen LogP contribution in [0.5, 0.6) is 0 Å². The van der Waals surface area contributed by atoms with Crippen LogP contribution in [0, 0.1) is 5.82 Å². The molecule has 8 nitrogen and oxygen atoms in total. The summed E-state index contributed by atoms with van der Waals surface area (Å²) in [5.74, 6) is 0.740. The summed E-state index contributed by atoms with van der Waals surface area (Å²) in [4.78, 5) is 17.4. The van der Waals surface area contributed by atoms with Crippen LogP contribution in [-0.4, -0.2) is 39.1 Å². The molecule has 0 bridgehead atoms. The molecule has 0 spiro atoms. The van der Waals surface area contributed by atoms with Crippen LogP contribution in [0.2, 0.25) is 0 Å². The van der Waals surface area contributed by atoms with E-state index in [-0.39, 0.29) is 5.69 Å². The number of pyridine rings is 2. The molecule has 0 aromatic carbocycles. The highest BCUT2D eigenvalue weighted by Crippen LogP contribution is 2.24. The predicted molar refractivity (Wildman–Crippen MR) is 113 cm³/mol. The van der Waals surface area contributed by atoms with Gasteiger partial charge in [-0.1, -0.05) is 13.3 Å². The molecular weight excluding hydrogens is 395 g/mol. The molecule has 0 saturated heterocycles. The smallest absolute Gasteiger partial charge is 0.171 e. The average molecular weight is 414 g/mol. The van der Waals surface area contributed by atoms with E-state index in [1.54, 1.807) is 43.4 Å². The largest absolute Gasteiger partial charge is 0.324 e. The maximum Gasteiger partial charge on any atom is 0.171 e. The van der Waals surface area contributed by atoms with Gasteiger partial charge in [-0.25, -0.2) is 19.3 Å². The lowest BCUT2D eigenvalue weighted by Crippen LogP contribution is -2.10. The normalized spacial score (nSPS) is 11.3. The Morgan fingerprint density at radius 1 is 0.968 bits per heavy atom. The van der Waals surface area contributed by atoms with Crippen LogP contribution in [-0.2, 0) is 13.0 Å².